The Morgan fingerprint density at radius 3 is 2.13 bits per heavy atom. The summed E-state index contributed by atoms with van der Waals surface area (Å²) in [5.41, 5.74) is 1.48. The quantitative estimate of drug-likeness (QED) is 0.587. The summed E-state index contributed by atoms with van der Waals surface area (Å²) < 4.78 is -0.00252. The van der Waals surface area contributed by atoms with E-state index in [1.54, 1.807) is 25.2 Å². The molecule has 0 bridgehead atoms. The Labute approximate surface area is 147 Å². The number of ketones is 1. The fraction of sp³-hybridized carbons (Fsp3) is 0.222. The van der Waals surface area contributed by atoms with E-state index in [9.17, 15) is 9.59 Å². The summed E-state index contributed by atoms with van der Waals surface area (Å²) in [7, 11) is 1.77. The lowest BCUT2D eigenvalue weighted by molar-refractivity contribution is -0.838. The topological polar surface area (TPSA) is 34.1 Å². The van der Waals surface area contributed by atoms with Crippen LogP contribution in [-0.2, 0) is 11.3 Å². The van der Waals surface area contributed by atoms with Gasteiger partial charge in [-0.05, 0) is 6.07 Å². The molecule has 0 N–H and O–H groups in total. The molecule has 0 saturated carbocycles. The number of quaternary nitrogens is 1. The Kier molecular flexibility index (Phi) is 6.95. The van der Waals surface area contributed by atoms with Crippen molar-refractivity contribution >= 4 is 23.3 Å². The van der Waals surface area contributed by atoms with E-state index in [0.717, 1.165) is 5.56 Å². The molecule has 5 heteroatoms. The van der Waals surface area contributed by atoms with E-state index in [1.165, 1.54) is 6.92 Å². The predicted molar refractivity (Wildman–Crippen MR) is 87.7 cm³/mol. The van der Waals surface area contributed by atoms with Crippen molar-refractivity contribution < 1.29 is 26.5 Å². The van der Waals surface area contributed by atoms with Crippen molar-refractivity contribution in [3.8, 4) is 0 Å². The van der Waals surface area contributed by atoms with E-state index >= 15 is 0 Å². The minimum absolute atomic E-state index is 0. The van der Waals surface area contributed by atoms with Gasteiger partial charge in [0, 0.05) is 16.1 Å². The summed E-state index contributed by atoms with van der Waals surface area (Å²) in [6.45, 7) is 2.02. The predicted octanol–water partition coefficient (Wildman–Crippen LogP) is 0.720. The van der Waals surface area contributed by atoms with Gasteiger partial charge in [-0.1, -0.05) is 60.1 Å². The average molecular weight is 352 g/mol. The third-order valence-electron chi connectivity index (χ3n) is 3.83. The van der Waals surface area contributed by atoms with Crippen molar-refractivity contribution in [3.63, 3.8) is 0 Å². The van der Waals surface area contributed by atoms with Crippen LogP contribution in [0.25, 0.3) is 0 Å². The molecule has 0 aliphatic carbocycles. The number of hydrogen-bond donors (Lipinski definition) is 0. The number of amides is 1. The minimum Gasteiger partial charge on any atom is -1.00 e. The lowest BCUT2D eigenvalue weighted by Crippen LogP contribution is -3.00. The maximum atomic E-state index is 12.4. The van der Waals surface area contributed by atoms with E-state index in [0.29, 0.717) is 17.1 Å². The highest BCUT2D eigenvalue weighted by atomic mass is 35.5. The molecule has 2 aromatic carbocycles. The maximum absolute atomic E-state index is 12.4. The number of hydrogen-bond acceptors (Lipinski definition) is 2. The average Bonchev–Trinajstić information content (AvgIpc) is 2.50. The highest BCUT2D eigenvalue weighted by Gasteiger charge is 2.32. The van der Waals surface area contributed by atoms with E-state index in [2.05, 4.69) is 0 Å². The number of likely N-dealkylation sites (N-methyl/N-ethyl adjacent to an activating group) is 1. The van der Waals surface area contributed by atoms with Gasteiger partial charge in [-0.2, -0.15) is 0 Å². The van der Waals surface area contributed by atoms with E-state index < -0.39 is 0 Å². The van der Waals surface area contributed by atoms with Crippen molar-refractivity contribution in [1.82, 2.24) is 0 Å². The summed E-state index contributed by atoms with van der Waals surface area (Å²) in [5, 5.41) is 0.611. The van der Waals surface area contributed by atoms with Gasteiger partial charge in [0.1, 0.15) is 13.1 Å². The molecular formula is C18H19Cl2NO2. The molecule has 122 valence electrons. The van der Waals surface area contributed by atoms with Gasteiger partial charge < -0.3 is 12.4 Å². The fourth-order valence-corrected chi connectivity index (χ4v) is 2.51. The monoisotopic (exact) mass is 351 g/mol. The number of halogens is 2. The zero-order valence-corrected chi connectivity index (χ0v) is 14.6. The first kappa shape index (κ1) is 19.4. The molecule has 1 unspecified atom stereocenters. The lowest BCUT2D eigenvalue weighted by atomic mass is 10.1. The first-order valence-corrected chi connectivity index (χ1v) is 7.47. The van der Waals surface area contributed by atoms with Crippen LogP contribution in [0, 0.1) is 0 Å². The van der Waals surface area contributed by atoms with Gasteiger partial charge in [-0.15, -0.1) is 0 Å². The third kappa shape index (κ3) is 4.90. The molecule has 0 spiro atoms. The van der Waals surface area contributed by atoms with Crippen molar-refractivity contribution in [3.05, 3.63) is 70.7 Å². The standard InChI is InChI=1S/C18H19ClNO2.ClH/c1-14(21)20(2,12-16-10-6-7-11-17(16)19)13-18(22)15-8-4-3-5-9-15;/h3-11H,12-13H2,1-2H3;1H/q+1;/p-1. The van der Waals surface area contributed by atoms with Crippen molar-refractivity contribution in [1.29, 1.82) is 0 Å². The Bertz CT molecular complexity index is 688. The number of rotatable bonds is 5. The number of carbonyl (C=O) groups excluding carboxylic acids is 2. The molecule has 0 fully saturated rings. The summed E-state index contributed by atoms with van der Waals surface area (Å²) in [5.74, 6) is -0.116. The Morgan fingerprint density at radius 1 is 1.00 bits per heavy atom. The van der Waals surface area contributed by atoms with Crippen LogP contribution in [0.15, 0.2) is 54.6 Å². The highest BCUT2D eigenvalue weighted by Crippen LogP contribution is 2.21. The minimum atomic E-state index is -0.0656. The molecule has 0 aliphatic rings. The van der Waals surface area contributed by atoms with Gasteiger partial charge in [0.25, 0.3) is 0 Å². The van der Waals surface area contributed by atoms with Gasteiger partial charge >= 0.3 is 5.91 Å². The molecule has 3 nitrogen and oxygen atoms in total. The summed E-state index contributed by atoms with van der Waals surface area (Å²) >= 11 is 6.18. The van der Waals surface area contributed by atoms with Gasteiger partial charge in [-0.3, -0.25) is 9.28 Å². The molecule has 23 heavy (non-hydrogen) atoms. The largest absolute Gasteiger partial charge is 1.00 e. The second kappa shape index (κ2) is 8.25. The maximum Gasteiger partial charge on any atom is 0.311 e. The lowest BCUT2D eigenvalue weighted by Gasteiger charge is -2.30. The number of carbonyl (C=O) groups is 2. The van der Waals surface area contributed by atoms with Crippen LogP contribution in [0.3, 0.4) is 0 Å². The zero-order valence-electron chi connectivity index (χ0n) is 13.1. The molecule has 1 amide bonds. The summed E-state index contributed by atoms with van der Waals surface area (Å²) in [6.07, 6.45) is 0. The van der Waals surface area contributed by atoms with E-state index in [-0.39, 0.29) is 35.1 Å². The summed E-state index contributed by atoms with van der Waals surface area (Å²) in [6, 6.07) is 16.4. The zero-order chi connectivity index (χ0) is 16.2. The molecular weight excluding hydrogens is 333 g/mol. The number of nitrogens with zero attached hydrogens (tertiary/aromatic N) is 1. The van der Waals surface area contributed by atoms with Crippen LogP contribution in [0.2, 0.25) is 5.02 Å². The Balaban J connectivity index is 0.00000264. The second-order valence-electron chi connectivity index (χ2n) is 5.61. The van der Waals surface area contributed by atoms with Gasteiger partial charge in [0.05, 0.1) is 14.0 Å². The number of Topliss-reactive ketones (excluding diaryl/α,β-unsaturated/α-hetero) is 1. The van der Waals surface area contributed by atoms with Crippen LogP contribution >= 0.6 is 11.6 Å². The van der Waals surface area contributed by atoms with E-state index in [1.807, 2.05) is 36.4 Å². The van der Waals surface area contributed by atoms with Crippen LogP contribution < -0.4 is 12.4 Å². The highest BCUT2D eigenvalue weighted by molar-refractivity contribution is 6.31. The molecule has 0 radical (unpaired) electrons. The van der Waals surface area contributed by atoms with Crippen molar-refractivity contribution in [2.45, 2.75) is 13.5 Å². The van der Waals surface area contributed by atoms with Gasteiger partial charge in [-0.25, -0.2) is 4.79 Å². The summed E-state index contributed by atoms with van der Waals surface area (Å²) in [4.78, 5) is 24.6. The molecule has 1 atom stereocenters. The Hall–Kier alpha value is -1.68. The molecule has 2 rings (SSSR count). The molecule has 0 heterocycles. The first-order chi connectivity index (χ1) is 10.4. The van der Waals surface area contributed by atoms with Crippen LogP contribution in [-0.4, -0.2) is 29.8 Å². The first-order valence-electron chi connectivity index (χ1n) is 7.10. The van der Waals surface area contributed by atoms with E-state index in [4.69, 9.17) is 11.6 Å². The van der Waals surface area contributed by atoms with Crippen molar-refractivity contribution in [2.75, 3.05) is 13.6 Å². The molecule has 2 aromatic rings. The van der Waals surface area contributed by atoms with Crippen LogP contribution in [0.5, 0.6) is 0 Å². The van der Waals surface area contributed by atoms with Crippen LogP contribution in [0.1, 0.15) is 22.8 Å². The smallest absolute Gasteiger partial charge is 0.311 e. The second-order valence-corrected chi connectivity index (χ2v) is 6.02. The van der Waals surface area contributed by atoms with Gasteiger partial charge in [0.2, 0.25) is 5.78 Å². The SMILES string of the molecule is CC(=O)[N+](C)(CC(=O)c1ccccc1)Cc1ccccc1Cl.[Cl-]. The normalized spacial score (nSPS) is 12.8. The van der Waals surface area contributed by atoms with Crippen LogP contribution in [0.4, 0.5) is 0 Å². The molecule has 0 aromatic heterocycles. The number of benzene rings is 2. The molecule has 0 saturated heterocycles. The fourth-order valence-electron chi connectivity index (χ4n) is 2.31. The van der Waals surface area contributed by atoms with Gasteiger partial charge in [0.15, 0.2) is 0 Å². The Morgan fingerprint density at radius 2 is 1.57 bits per heavy atom. The third-order valence-corrected chi connectivity index (χ3v) is 4.19. The van der Waals surface area contributed by atoms with Crippen molar-refractivity contribution in [2.24, 2.45) is 0 Å². The molecule has 0 aliphatic heterocycles.